The van der Waals surface area contributed by atoms with Gasteiger partial charge in [0.25, 0.3) is 0 Å². The summed E-state index contributed by atoms with van der Waals surface area (Å²) >= 11 is 0. The fraction of sp³-hybridized carbons (Fsp3) is 0.222. The number of rotatable bonds is 6. The Morgan fingerprint density at radius 3 is 2.67 bits per heavy atom. The van der Waals surface area contributed by atoms with Crippen molar-refractivity contribution in [1.29, 1.82) is 0 Å². The van der Waals surface area contributed by atoms with Gasteiger partial charge in [-0.15, -0.1) is 0 Å². The van der Waals surface area contributed by atoms with E-state index >= 15 is 0 Å². The van der Waals surface area contributed by atoms with Crippen LogP contribution in [0.5, 0.6) is 11.5 Å². The zero-order valence-corrected chi connectivity index (χ0v) is 13.9. The summed E-state index contributed by atoms with van der Waals surface area (Å²) in [7, 11) is 3.21. The summed E-state index contributed by atoms with van der Waals surface area (Å²) in [5.41, 5.74) is 2.96. The molecule has 0 saturated heterocycles. The number of ether oxygens (including phenoxy) is 2. The van der Waals surface area contributed by atoms with Crippen LogP contribution in [0.25, 0.3) is 11.4 Å². The minimum absolute atomic E-state index is 0.455. The smallest absolute Gasteiger partial charge is 0.246 e. The van der Waals surface area contributed by atoms with Crippen LogP contribution in [0.15, 0.2) is 47.0 Å². The number of nitrogens with zero attached hydrogens (tertiary/aromatic N) is 2. The van der Waals surface area contributed by atoms with E-state index in [1.54, 1.807) is 20.3 Å². The van der Waals surface area contributed by atoms with Crippen LogP contribution in [0, 0.1) is 6.92 Å². The molecular weight excluding hydrogens is 306 g/mol. The first-order chi connectivity index (χ1) is 11.7. The second kappa shape index (κ2) is 7.04. The summed E-state index contributed by atoms with van der Waals surface area (Å²) in [6.45, 7) is 2.50. The van der Waals surface area contributed by atoms with Crippen molar-refractivity contribution in [1.82, 2.24) is 10.1 Å². The van der Waals surface area contributed by atoms with Crippen molar-refractivity contribution in [3.8, 4) is 22.9 Å². The highest BCUT2D eigenvalue weighted by Gasteiger charge is 2.14. The number of hydrogen-bond donors (Lipinski definition) is 1. The molecule has 0 aliphatic carbocycles. The lowest BCUT2D eigenvalue weighted by Gasteiger charge is -2.07. The van der Waals surface area contributed by atoms with Crippen LogP contribution in [0.1, 0.15) is 11.5 Å². The SMILES string of the molecule is COc1ccc(-c2noc(CNc3ccccc3C)n2)c(OC)c1. The number of methoxy groups -OCH3 is 2. The first-order valence-electron chi connectivity index (χ1n) is 7.55. The molecule has 24 heavy (non-hydrogen) atoms. The molecule has 0 saturated carbocycles. The van der Waals surface area contributed by atoms with Crippen LogP contribution in [0.4, 0.5) is 5.69 Å². The fourth-order valence-electron chi connectivity index (χ4n) is 2.36. The third-order valence-corrected chi connectivity index (χ3v) is 3.69. The van der Waals surface area contributed by atoms with E-state index in [1.165, 1.54) is 0 Å². The molecule has 124 valence electrons. The quantitative estimate of drug-likeness (QED) is 0.745. The zero-order chi connectivity index (χ0) is 16.9. The molecule has 1 heterocycles. The van der Waals surface area contributed by atoms with Gasteiger partial charge in [-0.25, -0.2) is 0 Å². The number of aryl methyl sites for hydroxylation is 1. The predicted octanol–water partition coefficient (Wildman–Crippen LogP) is 3.67. The monoisotopic (exact) mass is 325 g/mol. The summed E-state index contributed by atoms with van der Waals surface area (Å²) in [5, 5.41) is 7.33. The Labute approximate surface area is 140 Å². The molecule has 3 aromatic rings. The molecule has 0 radical (unpaired) electrons. The first kappa shape index (κ1) is 15.9. The molecule has 0 unspecified atom stereocenters. The number of benzene rings is 2. The molecule has 0 bridgehead atoms. The van der Waals surface area contributed by atoms with Gasteiger partial charge in [-0.1, -0.05) is 23.4 Å². The molecule has 6 nitrogen and oxygen atoms in total. The molecule has 0 spiro atoms. The third kappa shape index (κ3) is 3.32. The molecule has 0 fully saturated rings. The van der Waals surface area contributed by atoms with Gasteiger partial charge in [-0.3, -0.25) is 0 Å². The van der Waals surface area contributed by atoms with Crippen LogP contribution in [-0.2, 0) is 6.54 Å². The van der Waals surface area contributed by atoms with Gasteiger partial charge in [-0.2, -0.15) is 4.98 Å². The fourth-order valence-corrected chi connectivity index (χ4v) is 2.36. The van der Waals surface area contributed by atoms with Crippen molar-refractivity contribution < 1.29 is 14.0 Å². The number of anilines is 1. The highest BCUT2D eigenvalue weighted by atomic mass is 16.5. The van der Waals surface area contributed by atoms with Crippen LogP contribution in [-0.4, -0.2) is 24.4 Å². The maximum atomic E-state index is 5.38. The average Bonchev–Trinajstić information content (AvgIpc) is 3.09. The number of aromatic nitrogens is 2. The molecule has 1 N–H and O–H groups in total. The van der Waals surface area contributed by atoms with E-state index in [-0.39, 0.29) is 0 Å². The molecule has 2 aromatic carbocycles. The minimum atomic E-state index is 0.455. The predicted molar refractivity (Wildman–Crippen MR) is 91.3 cm³/mol. The van der Waals surface area contributed by atoms with Gasteiger partial charge in [0, 0.05) is 11.8 Å². The highest BCUT2D eigenvalue weighted by Crippen LogP contribution is 2.31. The van der Waals surface area contributed by atoms with Gasteiger partial charge in [0.2, 0.25) is 11.7 Å². The van der Waals surface area contributed by atoms with Gasteiger partial charge in [0.05, 0.1) is 26.3 Å². The second-order valence-corrected chi connectivity index (χ2v) is 5.25. The molecule has 3 rings (SSSR count). The van der Waals surface area contributed by atoms with Gasteiger partial charge in [-0.05, 0) is 30.7 Å². The first-order valence-corrected chi connectivity index (χ1v) is 7.55. The Bertz CT molecular complexity index is 830. The van der Waals surface area contributed by atoms with E-state index in [2.05, 4.69) is 15.5 Å². The Morgan fingerprint density at radius 1 is 1.08 bits per heavy atom. The van der Waals surface area contributed by atoms with E-state index in [0.717, 1.165) is 16.8 Å². The molecule has 0 aliphatic rings. The summed E-state index contributed by atoms with van der Waals surface area (Å²) in [6, 6.07) is 13.5. The Hall–Kier alpha value is -3.02. The van der Waals surface area contributed by atoms with E-state index < -0.39 is 0 Å². The van der Waals surface area contributed by atoms with Crippen LogP contribution in [0.3, 0.4) is 0 Å². The third-order valence-electron chi connectivity index (χ3n) is 3.69. The van der Waals surface area contributed by atoms with Crippen molar-refractivity contribution in [2.75, 3.05) is 19.5 Å². The summed E-state index contributed by atoms with van der Waals surface area (Å²) in [4.78, 5) is 4.43. The van der Waals surface area contributed by atoms with Gasteiger partial charge < -0.3 is 19.3 Å². The summed E-state index contributed by atoms with van der Waals surface area (Å²) in [6.07, 6.45) is 0. The van der Waals surface area contributed by atoms with Crippen molar-refractivity contribution in [3.63, 3.8) is 0 Å². The topological polar surface area (TPSA) is 69.4 Å². The molecule has 0 amide bonds. The number of para-hydroxylation sites is 1. The van der Waals surface area contributed by atoms with Crippen molar-refractivity contribution in [3.05, 3.63) is 53.9 Å². The minimum Gasteiger partial charge on any atom is -0.497 e. The van der Waals surface area contributed by atoms with E-state index in [4.69, 9.17) is 14.0 Å². The Morgan fingerprint density at radius 2 is 1.92 bits per heavy atom. The lowest BCUT2D eigenvalue weighted by atomic mass is 10.2. The standard InChI is InChI=1S/C18H19N3O3/c1-12-6-4-5-7-15(12)19-11-17-20-18(21-24-17)14-9-8-13(22-2)10-16(14)23-3/h4-10,19H,11H2,1-3H3. The van der Waals surface area contributed by atoms with Crippen molar-refractivity contribution >= 4 is 5.69 Å². The molecular formula is C18H19N3O3. The maximum absolute atomic E-state index is 5.38. The summed E-state index contributed by atoms with van der Waals surface area (Å²) in [5.74, 6) is 2.33. The van der Waals surface area contributed by atoms with Crippen LogP contribution >= 0.6 is 0 Å². The normalized spacial score (nSPS) is 10.5. The van der Waals surface area contributed by atoms with E-state index in [9.17, 15) is 0 Å². The van der Waals surface area contributed by atoms with Crippen molar-refractivity contribution in [2.24, 2.45) is 0 Å². The average molecular weight is 325 g/mol. The molecule has 0 atom stereocenters. The van der Waals surface area contributed by atoms with Crippen LogP contribution in [0.2, 0.25) is 0 Å². The second-order valence-electron chi connectivity index (χ2n) is 5.25. The zero-order valence-electron chi connectivity index (χ0n) is 13.9. The molecule has 6 heteroatoms. The van der Waals surface area contributed by atoms with Gasteiger partial charge >= 0.3 is 0 Å². The largest absolute Gasteiger partial charge is 0.497 e. The van der Waals surface area contributed by atoms with Gasteiger partial charge in [0.15, 0.2) is 0 Å². The van der Waals surface area contributed by atoms with Crippen molar-refractivity contribution in [2.45, 2.75) is 13.5 Å². The number of nitrogens with one attached hydrogen (secondary N) is 1. The van der Waals surface area contributed by atoms with Crippen LogP contribution < -0.4 is 14.8 Å². The number of hydrogen-bond acceptors (Lipinski definition) is 6. The lowest BCUT2D eigenvalue weighted by Crippen LogP contribution is -2.01. The Kier molecular flexibility index (Phi) is 4.65. The Balaban J connectivity index is 1.77. The molecule has 0 aliphatic heterocycles. The van der Waals surface area contributed by atoms with E-state index in [1.807, 2.05) is 43.3 Å². The van der Waals surface area contributed by atoms with Gasteiger partial charge in [0.1, 0.15) is 11.5 Å². The summed E-state index contributed by atoms with van der Waals surface area (Å²) < 4.78 is 15.9. The maximum Gasteiger partial charge on any atom is 0.246 e. The molecule has 1 aromatic heterocycles. The highest BCUT2D eigenvalue weighted by molar-refractivity contribution is 5.65. The van der Waals surface area contributed by atoms with E-state index in [0.29, 0.717) is 29.8 Å². The lowest BCUT2D eigenvalue weighted by molar-refractivity contribution is 0.382.